The van der Waals surface area contributed by atoms with Crippen molar-refractivity contribution in [2.75, 3.05) is 13.1 Å². The van der Waals surface area contributed by atoms with E-state index in [9.17, 15) is 5.11 Å². The highest BCUT2D eigenvalue weighted by Crippen LogP contribution is 2.23. The molecule has 2 atom stereocenters. The van der Waals surface area contributed by atoms with Crippen LogP contribution in [0.1, 0.15) is 77.6 Å². The highest BCUT2D eigenvalue weighted by molar-refractivity contribution is 4.76. The first-order valence-electron chi connectivity index (χ1n) is 8.23. The summed E-state index contributed by atoms with van der Waals surface area (Å²) in [6.07, 6.45) is 14.3. The molecule has 0 aliphatic heterocycles. The minimum atomic E-state index is -0.0414. The maximum absolute atomic E-state index is 9.85. The fourth-order valence-corrected chi connectivity index (χ4v) is 2.92. The van der Waals surface area contributed by atoms with Gasteiger partial charge in [0.2, 0.25) is 0 Å². The van der Waals surface area contributed by atoms with E-state index in [0.29, 0.717) is 5.92 Å². The molecule has 0 heterocycles. The van der Waals surface area contributed by atoms with Crippen molar-refractivity contribution < 1.29 is 5.11 Å². The van der Waals surface area contributed by atoms with Crippen LogP contribution in [0.2, 0.25) is 0 Å². The van der Waals surface area contributed by atoms with Crippen molar-refractivity contribution >= 4 is 0 Å². The van der Waals surface area contributed by atoms with Gasteiger partial charge in [0.05, 0.1) is 6.10 Å². The zero-order valence-electron chi connectivity index (χ0n) is 12.3. The molecule has 1 fully saturated rings. The second kappa shape index (κ2) is 10.8. The standard InChI is InChI=1S/C16H33NO/c1-2-3-4-5-6-7-10-13-17-14-15-11-8-9-12-16(15)18/h15-18H,2-14H2,1H3. The van der Waals surface area contributed by atoms with Crippen LogP contribution in [0.3, 0.4) is 0 Å². The molecule has 0 spiro atoms. The highest BCUT2D eigenvalue weighted by Gasteiger charge is 2.21. The minimum Gasteiger partial charge on any atom is -0.393 e. The van der Waals surface area contributed by atoms with Crippen LogP contribution in [0, 0.1) is 5.92 Å². The number of nitrogens with one attached hydrogen (secondary N) is 1. The zero-order valence-corrected chi connectivity index (χ0v) is 12.3. The largest absolute Gasteiger partial charge is 0.393 e. The Hall–Kier alpha value is -0.0800. The molecule has 2 N–H and O–H groups in total. The predicted molar refractivity (Wildman–Crippen MR) is 78.8 cm³/mol. The van der Waals surface area contributed by atoms with Gasteiger partial charge < -0.3 is 10.4 Å². The van der Waals surface area contributed by atoms with Gasteiger partial charge in [0, 0.05) is 6.54 Å². The molecule has 0 radical (unpaired) electrons. The molecule has 0 aromatic rings. The summed E-state index contributed by atoms with van der Waals surface area (Å²) in [4.78, 5) is 0. The van der Waals surface area contributed by atoms with Gasteiger partial charge in [-0.2, -0.15) is 0 Å². The van der Waals surface area contributed by atoms with E-state index in [1.54, 1.807) is 0 Å². The zero-order chi connectivity index (χ0) is 13.1. The molecule has 0 saturated heterocycles. The van der Waals surface area contributed by atoms with Crippen molar-refractivity contribution in [3.63, 3.8) is 0 Å². The smallest absolute Gasteiger partial charge is 0.0580 e. The quantitative estimate of drug-likeness (QED) is 0.581. The van der Waals surface area contributed by atoms with Crippen LogP contribution in [0.4, 0.5) is 0 Å². The van der Waals surface area contributed by atoms with Gasteiger partial charge in [-0.1, -0.05) is 58.3 Å². The molecule has 2 heteroatoms. The maximum atomic E-state index is 9.85. The number of aliphatic hydroxyl groups excluding tert-OH is 1. The molecule has 2 unspecified atom stereocenters. The van der Waals surface area contributed by atoms with Gasteiger partial charge in [0.25, 0.3) is 0 Å². The average Bonchev–Trinajstić information content (AvgIpc) is 2.39. The normalized spacial score (nSPS) is 24.3. The van der Waals surface area contributed by atoms with Gasteiger partial charge in [-0.05, 0) is 31.7 Å². The van der Waals surface area contributed by atoms with Crippen LogP contribution in [0.5, 0.6) is 0 Å². The van der Waals surface area contributed by atoms with Crippen LogP contribution in [0.25, 0.3) is 0 Å². The second-order valence-corrected chi connectivity index (χ2v) is 5.94. The summed E-state index contributed by atoms with van der Waals surface area (Å²) < 4.78 is 0. The molecule has 0 amide bonds. The van der Waals surface area contributed by atoms with Crippen LogP contribution in [-0.4, -0.2) is 24.3 Å². The highest BCUT2D eigenvalue weighted by atomic mass is 16.3. The van der Waals surface area contributed by atoms with E-state index in [1.165, 1.54) is 64.2 Å². The summed E-state index contributed by atoms with van der Waals surface area (Å²) in [5.74, 6) is 0.517. The van der Waals surface area contributed by atoms with E-state index in [0.717, 1.165) is 19.5 Å². The van der Waals surface area contributed by atoms with Gasteiger partial charge in [-0.15, -0.1) is 0 Å². The van der Waals surface area contributed by atoms with Gasteiger partial charge in [0.15, 0.2) is 0 Å². The summed E-state index contributed by atoms with van der Waals surface area (Å²) in [5.41, 5.74) is 0. The maximum Gasteiger partial charge on any atom is 0.0580 e. The number of unbranched alkanes of at least 4 members (excludes halogenated alkanes) is 6. The average molecular weight is 255 g/mol. The molecule has 0 aromatic carbocycles. The Morgan fingerprint density at radius 3 is 2.33 bits per heavy atom. The third-order valence-corrected chi connectivity index (χ3v) is 4.23. The lowest BCUT2D eigenvalue weighted by Crippen LogP contribution is -2.34. The van der Waals surface area contributed by atoms with Crippen molar-refractivity contribution in [2.24, 2.45) is 5.92 Å². The Kier molecular flexibility index (Phi) is 9.59. The molecule has 1 aliphatic carbocycles. The molecule has 1 rings (SSSR count). The van der Waals surface area contributed by atoms with Gasteiger partial charge in [0.1, 0.15) is 0 Å². The minimum absolute atomic E-state index is 0.0414. The third-order valence-electron chi connectivity index (χ3n) is 4.23. The van der Waals surface area contributed by atoms with Gasteiger partial charge in [-0.3, -0.25) is 0 Å². The first-order chi connectivity index (χ1) is 8.84. The van der Waals surface area contributed by atoms with Crippen molar-refractivity contribution in [1.82, 2.24) is 5.32 Å². The van der Waals surface area contributed by atoms with Crippen LogP contribution in [-0.2, 0) is 0 Å². The van der Waals surface area contributed by atoms with Gasteiger partial charge in [-0.25, -0.2) is 0 Å². The lowest BCUT2D eigenvalue weighted by molar-refractivity contribution is 0.0697. The molecule has 0 aromatic heterocycles. The Bertz CT molecular complexity index is 184. The van der Waals surface area contributed by atoms with Crippen LogP contribution in [0.15, 0.2) is 0 Å². The Labute approximate surface area is 114 Å². The molecule has 0 bridgehead atoms. The number of rotatable bonds is 10. The summed E-state index contributed by atoms with van der Waals surface area (Å²) in [6, 6.07) is 0. The summed E-state index contributed by atoms with van der Waals surface area (Å²) in [6.45, 7) is 4.43. The van der Waals surface area contributed by atoms with E-state index in [4.69, 9.17) is 0 Å². The fourth-order valence-electron chi connectivity index (χ4n) is 2.92. The first-order valence-corrected chi connectivity index (χ1v) is 8.23. The molecular weight excluding hydrogens is 222 g/mol. The van der Waals surface area contributed by atoms with E-state index >= 15 is 0 Å². The SMILES string of the molecule is CCCCCCCCCNCC1CCCCC1O. The molecule has 1 aliphatic rings. The molecule has 2 nitrogen and oxygen atoms in total. The number of hydrogen-bond donors (Lipinski definition) is 2. The summed E-state index contributed by atoms with van der Waals surface area (Å²) in [5, 5.41) is 13.4. The Morgan fingerprint density at radius 2 is 1.61 bits per heavy atom. The lowest BCUT2D eigenvalue weighted by Gasteiger charge is -2.27. The molecular formula is C16H33NO. The lowest BCUT2D eigenvalue weighted by atomic mass is 9.86. The Balaban J connectivity index is 1.83. The Morgan fingerprint density at radius 1 is 0.944 bits per heavy atom. The van der Waals surface area contributed by atoms with E-state index in [-0.39, 0.29) is 6.10 Å². The van der Waals surface area contributed by atoms with Crippen molar-refractivity contribution in [3.8, 4) is 0 Å². The van der Waals surface area contributed by atoms with Crippen LogP contribution < -0.4 is 5.32 Å². The number of hydrogen-bond acceptors (Lipinski definition) is 2. The monoisotopic (exact) mass is 255 g/mol. The van der Waals surface area contributed by atoms with Crippen molar-refractivity contribution in [1.29, 1.82) is 0 Å². The first kappa shape index (κ1) is 16.0. The van der Waals surface area contributed by atoms with Crippen molar-refractivity contribution in [3.05, 3.63) is 0 Å². The second-order valence-electron chi connectivity index (χ2n) is 5.94. The van der Waals surface area contributed by atoms with E-state index in [2.05, 4.69) is 12.2 Å². The third kappa shape index (κ3) is 7.38. The predicted octanol–water partition coefficient (Wildman–Crippen LogP) is 3.88. The molecule has 1 saturated carbocycles. The summed E-state index contributed by atoms with van der Waals surface area (Å²) in [7, 11) is 0. The summed E-state index contributed by atoms with van der Waals surface area (Å²) >= 11 is 0. The number of aliphatic hydroxyl groups is 1. The van der Waals surface area contributed by atoms with Crippen LogP contribution >= 0.6 is 0 Å². The molecule has 108 valence electrons. The van der Waals surface area contributed by atoms with E-state index in [1.807, 2.05) is 0 Å². The molecule has 18 heavy (non-hydrogen) atoms. The fraction of sp³-hybridized carbons (Fsp3) is 1.00. The van der Waals surface area contributed by atoms with Crippen molar-refractivity contribution in [2.45, 2.75) is 83.7 Å². The van der Waals surface area contributed by atoms with E-state index < -0.39 is 0 Å². The topological polar surface area (TPSA) is 32.3 Å². The van der Waals surface area contributed by atoms with Gasteiger partial charge >= 0.3 is 0 Å².